The van der Waals surface area contributed by atoms with Gasteiger partial charge in [-0.05, 0) is 56.7 Å². The summed E-state index contributed by atoms with van der Waals surface area (Å²) >= 11 is 0. The molecule has 1 fully saturated rings. The summed E-state index contributed by atoms with van der Waals surface area (Å²) in [5.41, 5.74) is 5.46. The largest absolute Gasteiger partial charge is 0.481 e. The lowest BCUT2D eigenvalue weighted by Gasteiger charge is -2.32. The summed E-state index contributed by atoms with van der Waals surface area (Å²) in [6, 6.07) is 1.04. The molecule has 0 radical (unpaired) electrons. The topological polar surface area (TPSA) is 213 Å². The first-order chi connectivity index (χ1) is 19.4. The number of carboxylic acid groups (broad SMARTS) is 1. The Morgan fingerprint density at radius 3 is 2.41 bits per heavy atom. The summed E-state index contributed by atoms with van der Waals surface area (Å²) in [6.45, 7) is 4.53. The number of primary amides is 1. The highest BCUT2D eigenvalue weighted by atomic mass is 16.4. The van der Waals surface area contributed by atoms with E-state index in [0.717, 1.165) is 13.0 Å². The molecule has 0 bridgehead atoms. The average molecular weight is 576 g/mol. The molecule has 1 aromatic heterocycles. The van der Waals surface area contributed by atoms with Crippen molar-refractivity contribution in [2.45, 2.75) is 76.5 Å². The zero-order valence-corrected chi connectivity index (χ0v) is 23.7. The maximum atomic E-state index is 13.7. The fourth-order valence-electron chi connectivity index (χ4n) is 4.47. The Hall–Kier alpha value is -4.07. The Kier molecular flexibility index (Phi) is 13.1. The van der Waals surface area contributed by atoms with Gasteiger partial charge in [0.2, 0.25) is 23.6 Å². The maximum absolute atomic E-state index is 13.7. The normalized spacial score (nSPS) is 16.7. The van der Waals surface area contributed by atoms with Gasteiger partial charge in [0.1, 0.15) is 23.8 Å². The molecule has 1 aliphatic rings. The molecular weight excluding hydrogens is 534 g/mol. The first-order valence-electron chi connectivity index (χ1n) is 13.7. The summed E-state index contributed by atoms with van der Waals surface area (Å²) in [5.74, 6) is -4.18. The number of carboxylic acids is 1. The van der Waals surface area contributed by atoms with Crippen molar-refractivity contribution in [3.63, 3.8) is 0 Å². The standard InChI is InChI=1S/C27H41N7O7/c1-16(2)15-21(26(40)32-17(23(28)37)9-10-22(35)36)34(3)27(41)20(33-25(39)19-7-4-5-12-29-19)11-14-31-24(38)18-8-6-13-30-18/h4-5,7,12,16-18,20-21,30H,6,8-11,13-15H2,1-3H3,(H2,28,37)(H,31,38)(H,32,40)(H,33,39)(H,35,36)/t17-,18+,20-,21-/m0/s1. The monoisotopic (exact) mass is 575 g/mol. The van der Waals surface area contributed by atoms with Crippen molar-refractivity contribution in [3.8, 4) is 0 Å². The molecule has 226 valence electrons. The molecular formula is C27H41N7O7. The number of nitrogens with two attached hydrogens (primary N) is 1. The van der Waals surface area contributed by atoms with Gasteiger partial charge in [0.05, 0.1) is 6.04 Å². The smallest absolute Gasteiger partial charge is 0.303 e. The Morgan fingerprint density at radius 2 is 1.85 bits per heavy atom. The Balaban J connectivity index is 2.21. The summed E-state index contributed by atoms with van der Waals surface area (Å²) in [6.07, 6.45) is 2.69. The summed E-state index contributed by atoms with van der Waals surface area (Å²) in [4.78, 5) is 80.4. The van der Waals surface area contributed by atoms with Crippen LogP contribution in [-0.2, 0) is 24.0 Å². The third kappa shape index (κ3) is 10.8. The quantitative estimate of drug-likeness (QED) is 0.145. The van der Waals surface area contributed by atoms with E-state index in [1.165, 1.54) is 24.2 Å². The van der Waals surface area contributed by atoms with Crippen LogP contribution in [0.5, 0.6) is 0 Å². The summed E-state index contributed by atoms with van der Waals surface area (Å²) in [7, 11) is 1.41. The van der Waals surface area contributed by atoms with Gasteiger partial charge in [-0.15, -0.1) is 0 Å². The van der Waals surface area contributed by atoms with Gasteiger partial charge in [-0.2, -0.15) is 0 Å². The van der Waals surface area contributed by atoms with E-state index in [-0.39, 0.29) is 55.8 Å². The van der Waals surface area contributed by atoms with Gasteiger partial charge in [-0.1, -0.05) is 19.9 Å². The van der Waals surface area contributed by atoms with Crippen LogP contribution < -0.4 is 27.0 Å². The number of carbonyl (C=O) groups excluding carboxylic acids is 5. The summed E-state index contributed by atoms with van der Waals surface area (Å²) in [5, 5.41) is 20.0. The lowest BCUT2D eigenvalue weighted by Crippen LogP contribution is -2.57. The van der Waals surface area contributed by atoms with Gasteiger partial charge in [0.15, 0.2) is 0 Å². The van der Waals surface area contributed by atoms with Gasteiger partial charge < -0.3 is 37.0 Å². The highest BCUT2D eigenvalue weighted by Crippen LogP contribution is 2.14. The highest BCUT2D eigenvalue weighted by molar-refractivity contribution is 5.97. The number of aliphatic carboxylic acids is 1. The Labute approximate surface area is 239 Å². The van der Waals surface area contributed by atoms with Crippen LogP contribution in [0.4, 0.5) is 0 Å². The molecule has 0 saturated carbocycles. The van der Waals surface area contributed by atoms with E-state index in [9.17, 15) is 28.8 Å². The number of aromatic nitrogens is 1. The van der Waals surface area contributed by atoms with Gasteiger partial charge >= 0.3 is 5.97 Å². The number of hydrogen-bond donors (Lipinski definition) is 6. The minimum atomic E-state index is -1.24. The molecule has 14 heteroatoms. The van der Waals surface area contributed by atoms with Gasteiger partial charge in [0.25, 0.3) is 5.91 Å². The molecule has 2 heterocycles. The van der Waals surface area contributed by atoms with Crippen molar-refractivity contribution in [3.05, 3.63) is 30.1 Å². The van der Waals surface area contributed by atoms with Crippen LogP contribution in [0.15, 0.2) is 24.4 Å². The van der Waals surface area contributed by atoms with E-state index in [1.54, 1.807) is 12.1 Å². The fraction of sp³-hybridized carbons (Fsp3) is 0.593. The second-order valence-electron chi connectivity index (χ2n) is 10.5. The van der Waals surface area contributed by atoms with Crippen LogP contribution >= 0.6 is 0 Å². The van der Waals surface area contributed by atoms with E-state index in [4.69, 9.17) is 10.8 Å². The van der Waals surface area contributed by atoms with Crippen molar-refractivity contribution >= 4 is 35.5 Å². The molecule has 4 atom stereocenters. The van der Waals surface area contributed by atoms with Crippen molar-refractivity contribution in [2.75, 3.05) is 20.1 Å². The molecule has 1 aliphatic heterocycles. The third-order valence-electron chi connectivity index (χ3n) is 6.73. The lowest BCUT2D eigenvalue weighted by atomic mass is 9.99. The number of nitrogens with one attached hydrogen (secondary N) is 4. The number of rotatable bonds is 16. The number of amides is 5. The SMILES string of the molecule is CC(C)C[C@@H](C(=O)N[C@@H](CCC(=O)O)C(N)=O)N(C)C(=O)[C@H](CCNC(=O)[C@H]1CCCN1)NC(=O)c1ccccn1. The second-order valence-corrected chi connectivity index (χ2v) is 10.5. The predicted molar refractivity (Wildman–Crippen MR) is 148 cm³/mol. The molecule has 5 amide bonds. The second kappa shape index (κ2) is 16.3. The lowest BCUT2D eigenvalue weighted by molar-refractivity contribution is -0.142. The van der Waals surface area contributed by atoms with E-state index >= 15 is 0 Å². The zero-order chi connectivity index (χ0) is 30.5. The molecule has 0 aliphatic carbocycles. The van der Waals surface area contributed by atoms with E-state index in [2.05, 4.69) is 26.3 Å². The fourth-order valence-corrected chi connectivity index (χ4v) is 4.47. The summed E-state index contributed by atoms with van der Waals surface area (Å²) < 4.78 is 0. The first kappa shape index (κ1) is 33.1. The van der Waals surface area contributed by atoms with E-state index < -0.39 is 47.7 Å². The third-order valence-corrected chi connectivity index (χ3v) is 6.73. The molecule has 2 rings (SSSR count). The maximum Gasteiger partial charge on any atom is 0.303 e. The molecule has 1 aromatic rings. The minimum absolute atomic E-state index is 0.0404. The Morgan fingerprint density at radius 1 is 1.12 bits per heavy atom. The molecule has 1 saturated heterocycles. The van der Waals surface area contributed by atoms with Crippen molar-refractivity contribution < 1.29 is 33.9 Å². The highest BCUT2D eigenvalue weighted by Gasteiger charge is 2.34. The molecule has 0 spiro atoms. The van der Waals surface area contributed by atoms with Crippen LogP contribution in [0, 0.1) is 5.92 Å². The van der Waals surface area contributed by atoms with E-state index in [0.29, 0.717) is 6.42 Å². The van der Waals surface area contributed by atoms with Crippen LogP contribution in [0.2, 0.25) is 0 Å². The number of carbonyl (C=O) groups is 6. The molecule has 14 nitrogen and oxygen atoms in total. The predicted octanol–water partition coefficient (Wildman–Crippen LogP) is -0.854. The number of nitrogens with zero attached hydrogens (tertiary/aromatic N) is 2. The van der Waals surface area contributed by atoms with Crippen LogP contribution in [0.3, 0.4) is 0 Å². The average Bonchev–Trinajstić information content (AvgIpc) is 3.48. The van der Waals surface area contributed by atoms with Crippen LogP contribution in [-0.4, -0.2) is 94.8 Å². The number of hydrogen-bond acceptors (Lipinski definition) is 8. The minimum Gasteiger partial charge on any atom is -0.481 e. The van der Waals surface area contributed by atoms with Crippen molar-refractivity contribution in [2.24, 2.45) is 11.7 Å². The number of likely N-dealkylation sites (N-methyl/N-ethyl adjacent to an activating group) is 1. The van der Waals surface area contributed by atoms with Gasteiger partial charge in [-0.3, -0.25) is 33.8 Å². The van der Waals surface area contributed by atoms with E-state index in [1.807, 2.05) is 13.8 Å². The molecule has 0 unspecified atom stereocenters. The zero-order valence-electron chi connectivity index (χ0n) is 23.7. The Bertz CT molecular complexity index is 1080. The molecule has 0 aromatic carbocycles. The first-order valence-corrected chi connectivity index (χ1v) is 13.7. The van der Waals surface area contributed by atoms with Crippen molar-refractivity contribution in [1.82, 2.24) is 31.2 Å². The van der Waals surface area contributed by atoms with Gasteiger partial charge in [0, 0.05) is 26.2 Å². The van der Waals surface area contributed by atoms with Crippen LogP contribution in [0.1, 0.15) is 62.9 Å². The molecule has 41 heavy (non-hydrogen) atoms. The van der Waals surface area contributed by atoms with Crippen LogP contribution in [0.25, 0.3) is 0 Å². The number of pyridine rings is 1. The molecule has 7 N–H and O–H groups in total. The van der Waals surface area contributed by atoms with Gasteiger partial charge in [-0.25, -0.2) is 0 Å². The van der Waals surface area contributed by atoms with Crippen molar-refractivity contribution in [1.29, 1.82) is 0 Å².